The number of hydrogen-bond acceptors (Lipinski definition) is 5. The third-order valence-electron chi connectivity index (χ3n) is 3.04. The van der Waals surface area contributed by atoms with Crippen LogP contribution in [0, 0.1) is 6.92 Å². The van der Waals surface area contributed by atoms with Crippen molar-refractivity contribution in [3.63, 3.8) is 0 Å². The van der Waals surface area contributed by atoms with Gasteiger partial charge in [-0.25, -0.2) is 0 Å². The fourth-order valence-corrected chi connectivity index (χ4v) is 3.00. The molecule has 19 heavy (non-hydrogen) atoms. The molecule has 0 spiro atoms. The molecule has 0 aliphatic heterocycles. The predicted octanol–water partition coefficient (Wildman–Crippen LogP) is 2.46. The van der Waals surface area contributed by atoms with Crippen molar-refractivity contribution < 1.29 is 5.11 Å². The van der Waals surface area contributed by atoms with E-state index in [9.17, 15) is 5.11 Å². The monoisotopic (exact) mass is 300 g/mol. The number of aromatic nitrogens is 4. The van der Waals surface area contributed by atoms with Crippen LogP contribution < -0.4 is 0 Å². The first kappa shape index (κ1) is 14.4. The van der Waals surface area contributed by atoms with Crippen molar-refractivity contribution in [2.45, 2.75) is 39.2 Å². The number of nitrogens with zero attached hydrogens (tertiary/aromatic N) is 4. The zero-order valence-corrected chi connectivity index (χ0v) is 12.8. The molecule has 0 saturated heterocycles. The number of aliphatic hydroxyl groups is 1. The molecule has 5 nitrogen and oxygen atoms in total. The fourth-order valence-electron chi connectivity index (χ4n) is 2.07. The molecule has 2 rings (SSSR count). The first-order chi connectivity index (χ1) is 9.04. The molecule has 104 valence electrons. The summed E-state index contributed by atoms with van der Waals surface area (Å²) in [5, 5.41) is 19.3. The van der Waals surface area contributed by atoms with Crippen LogP contribution in [0.5, 0.6) is 0 Å². The molecule has 2 heterocycles. The summed E-state index contributed by atoms with van der Waals surface area (Å²) < 4.78 is 5.55. The van der Waals surface area contributed by atoms with E-state index in [1.165, 1.54) is 11.5 Å². The van der Waals surface area contributed by atoms with Gasteiger partial charge in [-0.05, 0) is 24.9 Å². The Morgan fingerprint density at radius 2 is 2.21 bits per heavy atom. The number of rotatable bonds is 5. The van der Waals surface area contributed by atoms with Gasteiger partial charge in [-0.2, -0.15) is 5.10 Å². The maximum Gasteiger partial charge on any atom is 0.130 e. The van der Waals surface area contributed by atoms with E-state index in [1.807, 2.05) is 6.92 Å². The highest BCUT2D eigenvalue weighted by atomic mass is 35.5. The molecule has 0 aliphatic carbocycles. The van der Waals surface area contributed by atoms with Crippen molar-refractivity contribution >= 4 is 23.1 Å². The highest BCUT2D eigenvalue weighted by molar-refractivity contribution is 7.05. The highest BCUT2D eigenvalue weighted by Crippen LogP contribution is 2.28. The zero-order chi connectivity index (χ0) is 14.0. The largest absolute Gasteiger partial charge is 0.387 e. The van der Waals surface area contributed by atoms with Gasteiger partial charge in [0.05, 0.1) is 22.4 Å². The van der Waals surface area contributed by atoms with Crippen LogP contribution >= 0.6 is 23.1 Å². The molecule has 1 N–H and O–H groups in total. The van der Waals surface area contributed by atoms with E-state index in [2.05, 4.69) is 21.6 Å². The molecular formula is C12H17ClN4OS. The third kappa shape index (κ3) is 2.96. The maximum absolute atomic E-state index is 10.4. The van der Waals surface area contributed by atoms with Crippen LogP contribution in [0.15, 0.2) is 0 Å². The van der Waals surface area contributed by atoms with Gasteiger partial charge in [0, 0.05) is 19.0 Å². The average Bonchev–Trinajstić information content (AvgIpc) is 2.91. The second kappa shape index (κ2) is 5.98. The van der Waals surface area contributed by atoms with E-state index >= 15 is 0 Å². The minimum absolute atomic E-state index is 0.444. The smallest absolute Gasteiger partial charge is 0.130 e. The molecule has 0 bridgehead atoms. The molecule has 0 aliphatic rings. The van der Waals surface area contributed by atoms with Crippen LogP contribution in [0.4, 0.5) is 0 Å². The SMILES string of the molecule is CCCc1nnsc1C(O)Cc1c(C)nn(C)c1Cl. The second-order valence-corrected chi connectivity index (χ2v) is 5.68. The Morgan fingerprint density at radius 1 is 1.47 bits per heavy atom. The Hall–Kier alpha value is -0.980. The van der Waals surface area contributed by atoms with E-state index in [1.54, 1.807) is 11.7 Å². The van der Waals surface area contributed by atoms with Crippen LogP contribution in [0.2, 0.25) is 5.15 Å². The first-order valence-corrected chi connectivity index (χ1v) is 7.36. The van der Waals surface area contributed by atoms with Crippen molar-refractivity contribution in [2.24, 2.45) is 7.05 Å². The number of hydrogen-bond donors (Lipinski definition) is 1. The molecule has 7 heteroatoms. The summed E-state index contributed by atoms with van der Waals surface area (Å²) in [6, 6.07) is 0. The van der Waals surface area contributed by atoms with Gasteiger partial charge in [0.2, 0.25) is 0 Å². The summed E-state index contributed by atoms with van der Waals surface area (Å²) in [7, 11) is 1.79. The summed E-state index contributed by atoms with van der Waals surface area (Å²) in [6.07, 6.45) is 1.64. The van der Waals surface area contributed by atoms with E-state index < -0.39 is 6.10 Å². The van der Waals surface area contributed by atoms with Crippen molar-refractivity contribution in [3.8, 4) is 0 Å². The van der Waals surface area contributed by atoms with Crippen LogP contribution in [0.25, 0.3) is 0 Å². The Morgan fingerprint density at radius 3 is 2.79 bits per heavy atom. The fraction of sp³-hybridized carbons (Fsp3) is 0.583. The average molecular weight is 301 g/mol. The molecule has 1 atom stereocenters. The van der Waals surface area contributed by atoms with Crippen LogP contribution in [0.1, 0.15) is 41.3 Å². The molecule has 0 amide bonds. The summed E-state index contributed by atoms with van der Waals surface area (Å²) >= 11 is 7.44. The predicted molar refractivity (Wildman–Crippen MR) is 75.5 cm³/mol. The lowest BCUT2D eigenvalue weighted by Gasteiger charge is -2.09. The van der Waals surface area contributed by atoms with Crippen LogP contribution in [-0.4, -0.2) is 24.5 Å². The number of aryl methyl sites for hydroxylation is 3. The Bertz CT molecular complexity index is 566. The molecule has 2 aromatic heterocycles. The van der Waals surface area contributed by atoms with Gasteiger partial charge >= 0.3 is 0 Å². The van der Waals surface area contributed by atoms with Gasteiger partial charge in [0.25, 0.3) is 0 Å². The van der Waals surface area contributed by atoms with Gasteiger partial charge in [0.15, 0.2) is 0 Å². The molecule has 0 aromatic carbocycles. The van der Waals surface area contributed by atoms with E-state index in [-0.39, 0.29) is 0 Å². The summed E-state index contributed by atoms with van der Waals surface area (Å²) in [4.78, 5) is 0.834. The topological polar surface area (TPSA) is 63.8 Å². The second-order valence-electron chi connectivity index (χ2n) is 4.53. The van der Waals surface area contributed by atoms with Gasteiger partial charge in [-0.3, -0.25) is 4.68 Å². The first-order valence-electron chi connectivity index (χ1n) is 6.21. The van der Waals surface area contributed by atoms with Crippen molar-refractivity contribution in [1.82, 2.24) is 19.4 Å². The standard InChI is InChI=1S/C12H17ClN4OS/c1-4-5-9-11(19-16-14-9)10(18)6-8-7(2)15-17(3)12(8)13/h10,18H,4-6H2,1-3H3. The van der Waals surface area contributed by atoms with Gasteiger partial charge < -0.3 is 5.11 Å². The molecule has 2 aromatic rings. The molecule has 0 fully saturated rings. The van der Waals surface area contributed by atoms with Gasteiger partial charge in [-0.15, -0.1) is 5.10 Å². The minimum Gasteiger partial charge on any atom is -0.387 e. The number of aliphatic hydroxyl groups excluding tert-OH is 1. The Labute approximate surface area is 121 Å². The lowest BCUT2D eigenvalue weighted by Crippen LogP contribution is -2.04. The van der Waals surface area contributed by atoms with E-state index in [0.29, 0.717) is 11.6 Å². The quantitative estimate of drug-likeness (QED) is 0.921. The third-order valence-corrected chi connectivity index (χ3v) is 4.38. The number of halogens is 1. The minimum atomic E-state index is -0.623. The van der Waals surface area contributed by atoms with Gasteiger partial charge in [-0.1, -0.05) is 29.4 Å². The maximum atomic E-state index is 10.4. The summed E-state index contributed by atoms with van der Waals surface area (Å²) in [5.74, 6) is 0. The van der Waals surface area contributed by atoms with E-state index in [0.717, 1.165) is 34.7 Å². The molecule has 0 radical (unpaired) electrons. The molecule has 1 unspecified atom stereocenters. The molecule has 0 saturated carbocycles. The summed E-state index contributed by atoms with van der Waals surface area (Å²) in [6.45, 7) is 3.98. The summed E-state index contributed by atoms with van der Waals surface area (Å²) in [5.41, 5.74) is 2.62. The van der Waals surface area contributed by atoms with Crippen LogP contribution in [-0.2, 0) is 19.9 Å². The van der Waals surface area contributed by atoms with Crippen molar-refractivity contribution in [3.05, 3.63) is 27.0 Å². The van der Waals surface area contributed by atoms with Crippen molar-refractivity contribution in [2.75, 3.05) is 0 Å². The molecular weight excluding hydrogens is 284 g/mol. The van der Waals surface area contributed by atoms with Crippen molar-refractivity contribution in [1.29, 1.82) is 0 Å². The normalized spacial score (nSPS) is 12.9. The Balaban J connectivity index is 2.20. The van der Waals surface area contributed by atoms with Gasteiger partial charge in [0.1, 0.15) is 5.15 Å². The highest BCUT2D eigenvalue weighted by Gasteiger charge is 2.21. The zero-order valence-electron chi connectivity index (χ0n) is 11.2. The Kier molecular flexibility index (Phi) is 4.54. The lowest BCUT2D eigenvalue weighted by atomic mass is 10.1. The lowest BCUT2D eigenvalue weighted by molar-refractivity contribution is 0.180. The van der Waals surface area contributed by atoms with Crippen LogP contribution in [0.3, 0.4) is 0 Å². The van der Waals surface area contributed by atoms with E-state index in [4.69, 9.17) is 11.6 Å².